The van der Waals surface area contributed by atoms with Gasteiger partial charge in [-0.2, -0.15) is 0 Å². The van der Waals surface area contributed by atoms with Gasteiger partial charge in [0, 0.05) is 10.0 Å². The van der Waals surface area contributed by atoms with E-state index in [0.717, 1.165) is 15.2 Å². The molecule has 64 valence electrons. The first-order valence-electron chi connectivity index (χ1n) is 3.17. The number of hydrogen-bond donors (Lipinski definition) is 0. The molecule has 0 bridgehead atoms. The number of aldehydes is 1. The van der Waals surface area contributed by atoms with Crippen molar-refractivity contribution >= 4 is 38.1 Å². The Hall–Kier alpha value is -0.350. The Morgan fingerprint density at radius 2 is 2.08 bits per heavy atom. The van der Waals surface area contributed by atoms with Gasteiger partial charge in [0.15, 0.2) is 0 Å². The zero-order valence-corrected chi connectivity index (χ0v) is 9.48. The van der Waals surface area contributed by atoms with Crippen LogP contribution in [0.2, 0.25) is 0 Å². The second kappa shape index (κ2) is 4.05. The summed E-state index contributed by atoms with van der Waals surface area (Å²) in [6.45, 7) is 0. The van der Waals surface area contributed by atoms with Gasteiger partial charge < -0.3 is 4.74 Å². The molecule has 0 saturated heterocycles. The third-order valence-corrected chi connectivity index (χ3v) is 3.35. The van der Waals surface area contributed by atoms with Crippen LogP contribution in [-0.2, 0) is 0 Å². The van der Waals surface area contributed by atoms with Gasteiger partial charge in [0.05, 0.1) is 11.6 Å². The van der Waals surface area contributed by atoms with E-state index in [0.29, 0.717) is 11.3 Å². The van der Waals surface area contributed by atoms with Crippen LogP contribution in [0.4, 0.5) is 0 Å². The Morgan fingerprint density at radius 3 is 2.58 bits per heavy atom. The Morgan fingerprint density at radius 1 is 1.42 bits per heavy atom. The maximum Gasteiger partial charge on any atom is 0.150 e. The molecule has 4 heteroatoms. The maximum atomic E-state index is 10.4. The first kappa shape index (κ1) is 9.74. The molecule has 0 amide bonds. The third kappa shape index (κ3) is 1.87. The van der Waals surface area contributed by atoms with Crippen LogP contribution in [0, 0.1) is 0 Å². The third-order valence-electron chi connectivity index (χ3n) is 1.37. The summed E-state index contributed by atoms with van der Waals surface area (Å²) in [4.78, 5) is 10.4. The molecule has 0 heterocycles. The fourth-order valence-corrected chi connectivity index (χ4v) is 1.65. The molecular weight excluding hydrogens is 288 g/mol. The monoisotopic (exact) mass is 292 g/mol. The van der Waals surface area contributed by atoms with Gasteiger partial charge in [0.25, 0.3) is 0 Å². The second-order valence-electron chi connectivity index (χ2n) is 2.14. The lowest BCUT2D eigenvalue weighted by molar-refractivity contribution is 0.112. The summed E-state index contributed by atoms with van der Waals surface area (Å²) in [6.07, 6.45) is 0.778. The fourth-order valence-electron chi connectivity index (χ4n) is 0.800. The van der Waals surface area contributed by atoms with Crippen LogP contribution in [0.25, 0.3) is 0 Å². The van der Waals surface area contributed by atoms with Crippen LogP contribution in [0.1, 0.15) is 10.4 Å². The molecule has 12 heavy (non-hydrogen) atoms. The van der Waals surface area contributed by atoms with Crippen LogP contribution in [0.3, 0.4) is 0 Å². The molecular formula is C8H6Br2O2. The fraction of sp³-hybridized carbons (Fsp3) is 0.125. The van der Waals surface area contributed by atoms with Gasteiger partial charge in [-0.3, -0.25) is 4.79 Å². The molecule has 0 radical (unpaired) electrons. The number of rotatable bonds is 2. The average Bonchev–Trinajstić information content (AvgIpc) is 2.09. The van der Waals surface area contributed by atoms with Crippen molar-refractivity contribution in [1.29, 1.82) is 0 Å². The molecule has 0 saturated carbocycles. The van der Waals surface area contributed by atoms with E-state index in [4.69, 9.17) is 4.74 Å². The molecule has 1 aromatic carbocycles. The van der Waals surface area contributed by atoms with Crippen molar-refractivity contribution < 1.29 is 9.53 Å². The molecule has 0 aliphatic carbocycles. The lowest BCUT2D eigenvalue weighted by atomic mass is 10.2. The van der Waals surface area contributed by atoms with Crippen LogP contribution >= 0.6 is 31.9 Å². The van der Waals surface area contributed by atoms with E-state index in [1.165, 1.54) is 0 Å². The van der Waals surface area contributed by atoms with Crippen LogP contribution in [0.15, 0.2) is 21.1 Å². The van der Waals surface area contributed by atoms with Gasteiger partial charge in [0.1, 0.15) is 12.0 Å². The standard InChI is InChI=1S/C8H6Br2O2/c1-12-7-3-5(4-11)2-6(9)8(7)10/h2-4H,1H3. The van der Waals surface area contributed by atoms with Crippen LogP contribution in [0.5, 0.6) is 5.75 Å². The number of benzene rings is 1. The zero-order valence-electron chi connectivity index (χ0n) is 6.30. The lowest BCUT2D eigenvalue weighted by Gasteiger charge is -2.05. The van der Waals surface area contributed by atoms with Gasteiger partial charge >= 0.3 is 0 Å². The molecule has 2 nitrogen and oxygen atoms in total. The van der Waals surface area contributed by atoms with Crippen molar-refractivity contribution in [3.63, 3.8) is 0 Å². The Kier molecular flexibility index (Phi) is 3.29. The molecule has 0 aliphatic heterocycles. The minimum atomic E-state index is 0.585. The molecule has 0 aromatic heterocycles. The summed E-state index contributed by atoms with van der Waals surface area (Å²) in [5.41, 5.74) is 0.585. The van der Waals surface area contributed by atoms with E-state index in [2.05, 4.69) is 31.9 Å². The molecule has 0 spiro atoms. The number of hydrogen-bond acceptors (Lipinski definition) is 2. The van der Waals surface area contributed by atoms with Crippen LogP contribution < -0.4 is 4.74 Å². The van der Waals surface area contributed by atoms with Crippen LogP contribution in [-0.4, -0.2) is 13.4 Å². The molecule has 1 rings (SSSR count). The first-order chi connectivity index (χ1) is 5.69. The molecule has 0 fully saturated rings. The number of carbonyl (C=O) groups is 1. The summed E-state index contributed by atoms with van der Waals surface area (Å²) < 4.78 is 6.66. The van der Waals surface area contributed by atoms with Crippen molar-refractivity contribution in [3.8, 4) is 5.75 Å². The van der Waals surface area contributed by atoms with E-state index < -0.39 is 0 Å². The minimum absolute atomic E-state index is 0.585. The predicted molar refractivity (Wildman–Crippen MR) is 53.8 cm³/mol. The number of methoxy groups -OCH3 is 1. The summed E-state index contributed by atoms with van der Waals surface area (Å²) >= 11 is 6.61. The maximum absolute atomic E-state index is 10.4. The number of carbonyl (C=O) groups excluding carboxylic acids is 1. The highest BCUT2D eigenvalue weighted by molar-refractivity contribution is 9.13. The smallest absolute Gasteiger partial charge is 0.150 e. The van der Waals surface area contributed by atoms with Crippen molar-refractivity contribution in [3.05, 3.63) is 26.6 Å². The van der Waals surface area contributed by atoms with Crippen molar-refractivity contribution in [1.82, 2.24) is 0 Å². The molecule has 0 N–H and O–H groups in total. The van der Waals surface area contributed by atoms with Gasteiger partial charge in [-0.25, -0.2) is 0 Å². The SMILES string of the molecule is COc1cc(C=O)cc(Br)c1Br. The normalized spacial score (nSPS) is 9.58. The van der Waals surface area contributed by atoms with E-state index in [1.54, 1.807) is 19.2 Å². The van der Waals surface area contributed by atoms with E-state index in [9.17, 15) is 4.79 Å². The highest BCUT2D eigenvalue weighted by Gasteiger charge is 2.05. The molecule has 1 aromatic rings. The van der Waals surface area contributed by atoms with Gasteiger partial charge in [-0.05, 0) is 44.0 Å². The molecule has 0 unspecified atom stereocenters. The Balaban J connectivity index is 3.28. The summed E-state index contributed by atoms with van der Waals surface area (Å²) in [7, 11) is 1.56. The first-order valence-corrected chi connectivity index (χ1v) is 4.76. The van der Waals surface area contributed by atoms with E-state index in [-0.39, 0.29) is 0 Å². The topological polar surface area (TPSA) is 26.3 Å². The van der Waals surface area contributed by atoms with Crippen molar-refractivity contribution in [2.75, 3.05) is 7.11 Å². The Bertz CT molecular complexity index is 310. The van der Waals surface area contributed by atoms with Gasteiger partial charge in [0.2, 0.25) is 0 Å². The molecule has 0 aliphatic rings. The average molecular weight is 294 g/mol. The quantitative estimate of drug-likeness (QED) is 0.784. The molecule has 0 atom stereocenters. The largest absolute Gasteiger partial charge is 0.496 e. The highest BCUT2D eigenvalue weighted by Crippen LogP contribution is 2.33. The highest BCUT2D eigenvalue weighted by atomic mass is 79.9. The lowest BCUT2D eigenvalue weighted by Crippen LogP contribution is -1.88. The van der Waals surface area contributed by atoms with E-state index >= 15 is 0 Å². The number of halogens is 2. The summed E-state index contributed by atoms with van der Waals surface area (Å²) in [6, 6.07) is 3.39. The summed E-state index contributed by atoms with van der Waals surface area (Å²) in [5, 5.41) is 0. The number of ether oxygens (including phenoxy) is 1. The van der Waals surface area contributed by atoms with Gasteiger partial charge in [-0.15, -0.1) is 0 Å². The van der Waals surface area contributed by atoms with Gasteiger partial charge in [-0.1, -0.05) is 0 Å². The minimum Gasteiger partial charge on any atom is -0.496 e. The second-order valence-corrected chi connectivity index (χ2v) is 3.78. The predicted octanol–water partition coefficient (Wildman–Crippen LogP) is 3.03. The van der Waals surface area contributed by atoms with Crippen molar-refractivity contribution in [2.45, 2.75) is 0 Å². The van der Waals surface area contributed by atoms with E-state index in [1.807, 2.05) is 0 Å². The van der Waals surface area contributed by atoms with Crippen molar-refractivity contribution in [2.24, 2.45) is 0 Å². The zero-order chi connectivity index (χ0) is 9.14. The summed E-state index contributed by atoms with van der Waals surface area (Å²) in [5.74, 6) is 0.645. The Labute approximate surface area is 87.2 Å².